The number of halogens is 1. The minimum atomic E-state index is 0.104. The average Bonchev–Trinajstić information content (AvgIpc) is 3.19. The van der Waals surface area contributed by atoms with Crippen molar-refractivity contribution in [1.82, 2.24) is 4.98 Å². The smallest absolute Gasteiger partial charge is 0.305 e. The van der Waals surface area contributed by atoms with E-state index in [1.54, 1.807) is 0 Å². The van der Waals surface area contributed by atoms with Crippen molar-refractivity contribution in [3.63, 3.8) is 0 Å². The molecule has 2 aromatic rings. The Hall–Kier alpha value is -0.520. The van der Waals surface area contributed by atoms with Crippen molar-refractivity contribution < 1.29 is 0 Å². The number of benzene rings is 1. The van der Waals surface area contributed by atoms with Crippen molar-refractivity contribution in [1.29, 1.82) is 0 Å². The molecule has 2 saturated carbocycles. The maximum atomic E-state index is 11.9. The van der Waals surface area contributed by atoms with Crippen molar-refractivity contribution in [3.05, 3.63) is 48.8 Å². The molecule has 0 spiro atoms. The fraction of sp³-hybridized carbons (Fsp3) is 0.471. The molecule has 114 valence electrons. The Morgan fingerprint density at radius 2 is 1.91 bits per heavy atom. The first-order valence-corrected chi connectivity index (χ1v) is 10.3. The first-order valence-electron chi connectivity index (χ1n) is 7.86. The highest BCUT2D eigenvalue weighted by Gasteiger charge is 2.54. The number of aromatic nitrogens is 1. The van der Waals surface area contributed by atoms with Gasteiger partial charge in [-0.1, -0.05) is 39.4 Å². The molecule has 2 bridgehead atoms. The molecule has 5 rings (SSSR count). The van der Waals surface area contributed by atoms with Gasteiger partial charge in [-0.3, -0.25) is 4.79 Å². The van der Waals surface area contributed by atoms with Gasteiger partial charge in [0.2, 0.25) is 0 Å². The second kappa shape index (κ2) is 4.99. The number of fused-ring (bicyclic) bond motifs is 6. The standard InChI is InChI=1S/C17H16BrNOS2/c18-11-5-3-8(4-6-11)12-13-9-1-2-10(7-9)14(13)21-16-15(12)22-17(20)19-16/h3-6,9-10,12-14H,1-2,7H2,(H,19,20)/t9-,10-,12+,13+,14-/m0/s1. The third-order valence-electron chi connectivity index (χ3n) is 5.69. The van der Waals surface area contributed by atoms with Crippen LogP contribution in [0, 0.1) is 17.8 Å². The number of nitrogens with one attached hydrogen (secondary N) is 1. The summed E-state index contributed by atoms with van der Waals surface area (Å²) >= 11 is 6.93. The predicted octanol–water partition coefficient (Wildman–Crippen LogP) is 4.85. The molecule has 2 heterocycles. The van der Waals surface area contributed by atoms with Crippen LogP contribution in [0.1, 0.15) is 35.6 Å². The summed E-state index contributed by atoms with van der Waals surface area (Å²) in [6, 6.07) is 8.74. The summed E-state index contributed by atoms with van der Waals surface area (Å²) in [6.45, 7) is 0. The highest BCUT2D eigenvalue weighted by molar-refractivity contribution is 9.10. The van der Waals surface area contributed by atoms with E-state index in [1.165, 1.54) is 41.0 Å². The van der Waals surface area contributed by atoms with Crippen LogP contribution in [0.5, 0.6) is 0 Å². The lowest BCUT2D eigenvalue weighted by molar-refractivity contribution is 0.307. The van der Waals surface area contributed by atoms with E-state index in [9.17, 15) is 4.79 Å². The lowest BCUT2D eigenvalue weighted by Crippen LogP contribution is -2.33. The number of rotatable bonds is 1. The Kier molecular flexibility index (Phi) is 3.15. The van der Waals surface area contributed by atoms with E-state index in [1.807, 2.05) is 11.8 Å². The van der Waals surface area contributed by atoms with Gasteiger partial charge in [-0.05, 0) is 54.7 Å². The first kappa shape index (κ1) is 13.9. The number of H-pyrrole nitrogens is 1. The summed E-state index contributed by atoms with van der Waals surface area (Å²) in [7, 11) is 0. The molecule has 1 aromatic carbocycles. The summed E-state index contributed by atoms with van der Waals surface area (Å²) in [5.41, 5.74) is 1.38. The molecule has 1 N–H and O–H groups in total. The van der Waals surface area contributed by atoms with Crippen LogP contribution in [-0.2, 0) is 0 Å². The third-order valence-corrected chi connectivity index (χ3v) is 8.85. The molecule has 3 aliphatic rings. The molecule has 0 saturated heterocycles. The third kappa shape index (κ3) is 1.95. The van der Waals surface area contributed by atoms with Gasteiger partial charge in [-0.25, -0.2) is 0 Å². The Bertz CT molecular complexity index is 781. The van der Waals surface area contributed by atoms with E-state index in [0.717, 1.165) is 21.3 Å². The highest BCUT2D eigenvalue weighted by Crippen LogP contribution is 2.63. The van der Waals surface area contributed by atoms with E-state index >= 15 is 0 Å². The largest absolute Gasteiger partial charge is 0.307 e. The molecule has 1 aromatic heterocycles. The van der Waals surface area contributed by atoms with Crippen LogP contribution in [0.15, 0.2) is 38.6 Å². The van der Waals surface area contributed by atoms with Crippen LogP contribution >= 0.6 is 39.0 Å². The molecular formula is C17H16BrNOS2. The van der Waals surface area contributed by atoms with Gasteiger partial charge in [0.15, 0.2) is 0 Å². The zero-order chi connectivity index (χ0) is 14.8. The van der Waals surface area contributed by atoms with Gasteiger partial charge >= 0.3 is 4.87 Å². The van der Waals surface area contributed by atoms with Gasteiger partial charge in [0.1, 0.15) is 0 Å². The van der Waals surface area contributed by atoms with E-state index in [4.69, 9.17) is 0 Å². The molecule has 0 amide bonds. The van der Waals surface area contributed by atoms with Crippen LogP contribution in [0.3, 0.4) is 0 Å². The van der Waals surface area contributed by atoms with Crippen LogP contribution in [0.25, 0.3) is 0 Å². The minimum absolute atomic E-state index is 0.104. The SMILES string of the molecule is O=c1[nH]c2c(s1)[C@H](c1ccc(Br)cc1)[C@H]1[C@H]3CC[C@@H](C3)[C@@H]1S2. The van der Waals surface area contributed by atoms with Crippen LogP contribution in [-0.4, -0.2) is 10.2 Å². The van der Waals surface area contributed by atoms with Crippen molar-refractivity contribution in [2.75, 3.05) is 0 Å². The summed E-state index contributed by atoms with van der Waals surface area (Å²) in [5, 5.41) is 1.85. The van der Waals surface area contributed by atoms with Crippen molar-refractivity contribution in [2.24, 2.45) is 17.8 Å². The molecule has 5 heteroatoms. The Morgan fingerprint density at radius 1 is 1.14 bits per heavy atom. The number of thioether (sulfide) groups is 1. The molecule has 0 radical (unpaired) electrons. The summed E-state index contributed by atoms with van der Waals surface area (Å²) in [6.07, 6.45) is 4.16. The summed E-state index contributed by atoms with van der Waals surface area (Å²) in [4.78, 5) is 16.4. The Morgan fingerprint density at radius 3 is 2.73 bits per heavy atom. The van der Waals surface area contributed by atoms with Gasteiger partial charge in [0.05, 0.1) is 5.03 Å². The second-order valence-corrected chi connectivity index (χ2v) is 9.85. The Labute approximate surface area is 145 Å². The van der Waals surface area contributed by atoms with Crippen LogP contribution in [0.2, 0.25) is 0 Å². The van der Waals surface area contributed by atoms with E-state index < -0.39 is 0 Å². The molecule has 2 fully saturated rings. The quantitative estimate of drug-likeness (QED) is 0.750. The van der Waals surface area contributed by atoms with Crippen molar-refractivity contribution >= 4 is 39.0 Å². The molecular weight excluding hydrogens is 378 g/mol. The van der Waals surface area contributed by atoms with Gasteiger partial charge in [-0.15, -0.1) is 11.8 Å². The normalized spacial score (nSPS) is 35.4. The number of hydrogen-bond donors (Lipinski definition) is 1. The first-order chi connectivity index (χ1) is 10.7. The topological polar surface area (TPSA) is 32.9 Å². The fourth-order valence-corrected chi connectivity index (χ4v) is 8.05. The van der Waals surface area contributed by atoms with Crippen LogP contribution in [0.4, 0.5) is 0 Å². The van der Waals surface area contributed by atoms with Gasteiger partial charge < -0.3 is 4.98 Å². The molecule has 22 heavy (non-hydrogen) atoms. The monoisotopic (exact) mass is 393 g/mol. The molecule has 0 unspecified atom stereocenters. The zero-order valence-electron chi connectivity index (χ0n) is 11.9. The molecule has 2 aliphatic carbocycles. The Balaban J connectivity index is 1.68. The predicted molar refractivity (Wildman–Crippen MR) is 94.9 cm³/mol. The van der Waals surface area contributed by atoms with E-state index in [-0.39, 0.29) is 4.87 Å². The molecule has 2 nitrogen and oxygen atoms in total. The number of aromatic amines is 1. The molecule has 1 aliphatic heterocycles. The van der Waals surface area contributed by atoms with Crippen molar-refractivity contribution in [2.45, 2.75) is 35.5 Å². The average molecular weight is 394 g/mol. The van der Waals surface area contributed by atoms with E-state index in [0.29, 0.717) is 17.1 Å². The van der Waals surface area contributed by atoms with Crippen LogP contribution < -0.4 is 4.87 Å². The van der Waals surface area contributed by atoms with Gasteiger partial charge in [0.25, 0.3) is 0 Å². The van der Waals surface area contributed by atoms with E-state index in [2.05, 4.69) is 45.2 Å². The number of hydrogen-bond acceptors (Lipinski definition) is 3. The van der Waals surface area contributed by atoms with Gasteiger partial charge in [-0.2, -0.15) is 0 Å². The van der Waals surface area contributed by atoms with Gasteiger partial charge in [0, 0.05) is 20.5 Å². The molecule has 5 atom stereocenters. The summed E-state index contributed by atoms with van der Waals surface area (Å²) in [5.74, 6) is 2.83. The minimum Gasteiger partial charge on any atom is -0.307 e. The second-order valence-electron chi connectivity index (χ2n) is 6.73. The summed E-state index contributed by atoms with van der Waals surface area (Å²) < 4.78 is 1.12. The maximum Gasteiger partial charge on any atom is 0.305 e. The lowest BCUT2D eigenvalue weighted by Gasteiger charge is -2.40. The maximum absolute atomic E-state index is 11.9. The zero-order valence-corrected chi connectivity index (χ0v) is 15.1. The highest BCUT2D eigenvalue weighted by atomic mass is 79.9. The fourth-order valence-electron chi connectivity index (χ4n) is 4.89. The number of thiazole rings is 1. The lowest BCUT2D eigenvalue weighted by atomic mass is 9.75. The van der Waals surface area contributed by atoms with Crippen molar-refractivity contribution in [3.8, 4) is 0 Å².